The van der Waals surface area contributed by atoms with Crippen LogP contribution in [0, 0.1) is 3.95 Å². The average Bonchev–Trinajstić information content (AvgIpc) is 3.01. The van der Waals surface area contributed by atoms with Gasteiger partial charge in [-0.2, -0.15) is 0 Å². The summed E-state index contributed by atoms with van der Waals surface area (Å²) in [6.07, 6.45) is 4.27. The van der Waals surface area contributed by atoms with Gasteiger partial charge in [-0.15, -0.1) is 11.3 Å². The molecule has 0 saturated carbocycles. The number of nitrogens with zero attached hydrogens (tertiary/aromatic N) is 2. The topological polar surface area (TPSA) is 57.8 Å². The van der Waals surface area contributed by atoms with Crippen molar-refractivity contribution in [2.75, 3.05) is 6.61 Å². The van der Waals surface area contributed by atoms with E-state index < -0.39 is 0 Å². The molecule has 6 heteroatoms. The molecule has 0 spiro atoms. The van der Waals surface area contributed by atoms with Crippen molar-refractivity contribution in [1.29, 1.82) is 0 Å². The summed E-state index contributed by atoms with van der Waals surface area (Å²) in [6.45, 7) is 0.596. The van der Waals surface area contributed by atoms with Crippen LogP contribution in [0.25, 0.3) is 11.6 Å². The first-order valence-corrected chi connectivity index (χ1v) is 7.82. The van der Waals surface area contributed by atoms with E-state index in [1.54, 1.807) is 10.8 Å². The molecule has 2 aromatic rings. The zero-order valence-corrected chi connectivity index (χ0v) is 12.8. The van der Waals surface area contributed by atoms with E-state index in [4.69, 9.17) is 17.3 Å². The highest BCUT2D eigenvalue weighted by molar-refractivity contribution is 7.73. The number of allylic oxidation sites excluding steroid dienone is 1. The molecule has 1 aromatic heterocycles. The number of hydrogen-bond acceptors (Lipinski definition) is 5. The number of aliphatic imine (C=N–C) groups is 1. The number of fused-ring (bicyclic) bond motifs is 1. The maximum Gasteiger partial charge on any atom is 0.210 e. The minimum absolute atomic E-state index is 0.0769. The summed E-state index contributed by atoms with van der Waals surface area (Å²) < 4.78 is 2.26. The molecule has 1 aliphatic heterocycles. The molecular weight excluding hydrogens is 304 g/mol. The highest BCUT2D eigenvalue weighted by Crippen LogP contribution is 2.35. The first-order valence-electron chi connectivity index (χ1n) is 6.59. The minimum atomic E-state index is 0.0769. The van der Waals surface area contributed by atoms with Crippen LogP contribution in [0.5, 0.6) is 5.88 Å². The maximum atomic E-state index is 10.3. The van der Waals surface area contributed by atoms with Crippen molar-refractivity contribution in [3.63, 3.8) is 0 Å². The predicted molar refractivity (Wildman–Crippen MR) is 89.0 cm³/mol. The third kappa shape index (κ3) is 2.70. The molecule has 0 radical (unpaired) electrons. The molecule has 0 fully saturated rings. The molecule has 1 aromatic carbocycles. The normalized spacial score (nSPS) is 14.8. The molecule has 0 amide bonds. The summed E-state index contributed by atoms with van der Waals surface area (Å²) in [5.74, 6) is 0.156. The Balaban J connectivity index is 1.98. The lowest BCUT2D eigenvalue weighted by molar-refractivity contribution is 0.276. The third-order valence-electron chi connectivity index (χ3n) is 3.28. The van der Waals surface area contributed by atoms with Gasteiger partial charge < -0.3 is 10.2 Å². The zero-order chi connectivity index (χ0) is 14.8. The number of aromatic hydroxyl groups is 1. The number of aliphatic hydroxyl groups excluding tert-OH is 1. The summed E-state index contributed by atoms with van der Waals surface area (Å²) in [7, 11) is 0. The van der Waals surface area contributed by atoms with E-state index in [-0.39, 0.29) is 12.5 Å². The highest BCUT2D eigenvalue weighted by atomic mass is 32.1. The van der Waals surface area contributed by atoms with Crippen molar-refractivity contribution in [3.05, 3.63) is 38.7 Å². The van der Waals surface area contributed by atoms with Crippen LogP contribution in [0.2, 0.25) is 0 Å². The highest BCUT2D eigenvalue weighted by Gasteiger charge is 2.14. The second-order valence-electron chi connectivity index (χ2n) is 4.66. The molecular formula is C15H14N2O2S2. The van der Waals surface area contributed by atoms with E-state index in [1.807, 2.05) is 30.3 Å². The Kier molecular flexibility index (Phi) is 4.01. The van der Waals surface area contributed by atoms with Gasteiger partial charge in [0.2, 0.25) is 5.88 Å². The van der Waals surface area contributed by atoms with Gasteiger partial charge in [-0.3, -0.25) is 9.56 Å². The van der Waals surface area contributed by atoms with E-state index in [1.165, 1.54) is 11.3 Å². The van der Waals surface area contributed by atoms with Crippen LogP contribution in [0.1, 0.15) is 16.9 Å². The van der Waals surface area contributed by atoms with Crippen LogP contribution in [0.15, 0.2) is 29.3 Å². The summed E-state index contributed by atoms with van der Waals surface area (Å²) in [6, 6.07) is 7.88. The van der Waals surface area contributed by atoms with Crippen molar-refractivity contribution >= 4 is 47.1 Å². The number of benzene rings is 1. The molecule has 0 unspecified atom stereocenters. The number of aliphatic hydroxyl groups is 1. The number of hydrogen-bond donors (Lipinski definition) is 2. The van der Waals surface area contributed by atoms with E-state index in [9.17, 15) is 5.11 Å². The second-order valence-corrected chi connectivity index (χ2v) is 6.34. The summed E-state index contributed by atoms with van der Waals surface area (Å²) >= 11 is 6.63. The number of para-hydroxylation sites is 1. The average molecular weight is 318 g/mol. The molecule has 3 rings (SSSR count). The van der Waals surface area contributed by atoms with E-state index >= 15 is 0 Å². The second kappa shape index (κ2) is 5.93. The van der Waals surface area contributed by atoms with Gasteiger partial charge >= 0.3 is 0 Å². The Morgan fingerprint density at radius 1 is 1.33 bits per heavy atom. The summed E-state index contributed by atoms with van der Waals surface area (Å²) in [4.78, 5) is 5.07. The van der Waals surface area contributed by atoms with Gasteiger partial charge in [0.1, 0.15) is 0 Å². The summed E-state index contributed by atoms with van der Waals surface area (Å²) in [5, 5.41) is 19.2. The third-order valence-corrected chi connectivity index (χ3v) is 4.66. The predicted octanol–water partition coefficient (Wildman–Crippen LogP) is 3.62. The lowest BCUT2D eigenvalue weighted by Crippen LogP contribution is -1.99. The van der Waals surface area contributed by atoms with Crippen LogP contribution in [-0.2, 0) is 6.54 Å². The lowest BCUT2D eigenvalue weighted by atomic mass is 10.1. The first-order chi connectivity index (χ1) is 10.2. The quantitative estimate of drug-likeness (QED) is 0.847. The van der Waals surface area contributed by atoms with Gasteiger partial charge in [-0.25, -0.2) is 0 Å². The van der Waals surface area contributed by atoms with Gasteiger partial charge in [0.05, 0.1) is 10.6 Å². The van der Waals surface area contributed by atoms with Gasteiger partial charge in [0.25, 0.3) is 0 Å². The van der Waals surface area contributed by atoms with Crippen molar-refractivity contribution in [2.24, 2.45) is 4.99 Å². The Morgan fingerprint density at radius 3 is 2.95 bits per heavy atom. The van der Waals surface area contributed by atoms with Crippen LogP contribution < -0.4 is 0 Å². The van der Waals surface area contributed by atoms with Gasteiger partial charge in [-0.05, 0) is 30.8 Å². The van der Waals surface area contributed by atoms with Crippen molar-refractivity contribution in [1.82, 2.24) is 4.57 Å². The maximum absolute atomic E-state index is 10.3. The Labute approximate surface area is 131 Å². The molecule has 0 saturated heterocycles. The van der Waals surface area contributed by atoms with E-state index in [0.717, 1.165) is 21.7 Å². The smallest absolute Gasteiger partial charge is 0.210 e. The number of aromatic nitrogens is 1. The van der Waals surface area contributed by atoms with E-state index in [0.29, 0.717) is 16.9 Å². The van der Waals surface area contributed by atoms with E-state index in [2.05, 4.69) is 4.99 Å². The molecule has 21 heavy (non-hydrogen) atoms. The molecule has 0 atom stereocenters. The minimum Gasteiger partial charge on any atom is -0.493 e. The molecule has 108 valence electrons. The lowest BCUT2D eigenvalue weighted by Gasteiger charge is -2.03. The van der Waals surface area contributed by atoms with Crippen molar-refractivity contribution in [2.45, 2.75) is 13.0 Å². The molecule has 4 nitrogen and oxygen atoms in total. The fourth-order valence-electron chi connectivity index (χ4n) is 2.23. The van der Waals surface area contributed by atoms with Gasteiger partial charge in [0, 0.05) is 30.5 Å². The number of thiazole rings is 1. The Hall–Kier alpha value is -1.76. The van der Waals surface area contributed by atoms with Gasteiger partial charge in [-0.1, -0.05) is 18.2 Å². The molecule has 1 aliphatic rings. The monoisotopic (exact) mass is 318 g/mol. The Bertz CT molecular complexity index is 787. The molecule has 0 aliphatic carbocycles. The largest absolute Gasteiger partial charge is 0.493 e. The Morgan fingerprint density at radius 2 is 2.14 bits per heavy atom. The molecule has 0 bridgehead atoms. The summed E-state index contributed by atoms with van der Waals surface area (Å²) in [5.41, 5.74) is 2.95. The van der Waals surface area contributed by atoms with Crippen LogP contribution in [0.3, 0.4) is 0 Å². The van der Waals surface area contributed by atoms with Crippen LogP contribution in [0.4, 0.5) is 5.69 Å². The van der Waals surface area contributed by atoms with Crippen molar-refractivity contribution in [3.8, 4) is 5.88 Å². The fraction of sp³-hybridized carbons (Fsp3) is 0.200. The fourth-order valence-corrected chi connectivity index (χ4v) is 3.54. The number of rotatable bonds is 4. The van der Waals surface area contributed by atoms with Crippen molar-refractivity contribution < 1.29 is 10.2 Å². The molecule has 2 heterocycles. The SMILES string of the molecule is OCCCn1c(O)c(/C=C2\C=Nc3ccccc32)sc1=S. The van der Waals surface area contributed by atoms with Gasteiger partial charge in [0.15, 0.2) is 3.95 Å². The zero-order valence-electron chi connectivity index (χ0n) is 11.2. The van der Waals surface area contributed by atoms with Crippen LogP contribution in [-0.4, -0.2) is 27.6 Å². The van der Waals surface area contributed by atoms with Crippen LogP contribution >= 0.6 is 23.6 Å². The molecule has 2 N–H and O–H groups in total. The standard InChI is InChI=1S/C15H14N2O2S2/c18-7-3-6-17-14(19)13(21-15(17)20)8-10-9-16-12-5-2-1-4-11(10)12/h1-2,4-5,8-9,18-19H,3,6-7H2/b10-8+. The first kappa shape index (κ1) is 14.2.